The molecule has 2 atom stereocenters. The molecule has 19 heavy (non-hydrogen) atoms. The SMILES string of the molecule is CCN(CC(=O)NC(C)(C#N)C1CC1)C1CCNC1. The summed E-state index contributed by atoms with van der Waals surface area (Å²) in [4.78, 5) is 14.3. The second-order valence-electron chi connectivity index (χ2n) is 5.85. The van der Waals surface area contributed by atoms with E-state index in [2.05, 4.69) is 28.5 Å². The van der Waals surface area contributed by atoms with Gasteiger partial charge in [0.2, 0.25) is 5.91 Å². The Hall–Kier alpha value is -1.12. The van der Waals surface area contributed by atoms with Crippen LogP contribution in [0.5, 0.6) is 0 Å². The fourth-order valence-corrected chi connectivity index (χ4v) is 2.85. The summed E-state index contributed by atoms with van der Waals surface area (Å²) in [6.07, 6.45) is 3.20. The Morgan fingerprint density at radius 2 is 2.26 bits per heavy atom. The highest BCUT2D eigenvalue weighted by Gasteiger charge is 2.43. The van der Waals surface area contributed by atoms with Gasteiger partial charge in [-0.2, -0.15) is 5.26 Å². The lowest BCUT2D eigenvalue weighted by molar-refractivity contribution is -0.124. The maximum absolute atomic E-state index is 12.2. The quantitative estimate of drug-likeness (QED) is 0.732. The lowest BCUT2D eigenvalue weighted by Crippen LogP contribution is -2.51. The second kappa shape index (κ2) is 5.89. The molecule has 1 heterocycles. The topological polar surface area (TPSA) is 68.2 Å². The van der Waals surface area contributed by atoms with Crippen molar-refractivity contribution in [1.29, 1.82) is 5.26 Å². The molecular weight excluding hydrogens is 240 g/mol. The van der Waals surface area contributed by atoms with Crippen molar-refractivity contribution in [3.8, 4) is 6.07 Å². The van der Waals surface area contributed by atoms with Crippen molar-refractivity contribution in [1.82, 2.24) is 15.5 Å². The molecule has 0 bridgehead atoms. The van der Waals surface area contributed by atoms with Crippen LogP contribution in [0.1, 0.15) is 33.1 Å². The second-order valence-corrected chi connectivity index (χ2v) is 5.85. The van der Waals surface area contributed by atoms with E-state index in [1.165, 1.54) is 0 Å². The molecule has 1 aliphatic heterocycles. The Morgan fingerprint density at radius 1 is 1.53 bits per heavy atom. The van der Waals surface area contributed by atoms with Gasteiger partial charge in [-0.3, -0.25) is 9.69 Å². The zero-order chi connectivity index (χ0) is 13.9. The first kappa shape index (κ1) is 14.3. The normalized spacial score (nSPS) is 25.9. The molecule has 2 aliphatic rings. The first-order valence-electron chi connectivity index (χ1n) is 7.26. The zero-order valence-electron chi connectivity index (χ0n) is 11.9. The summed E-state index contributed by atoms with van der Waals surface area (Å²) in [5, 5.41) is 15.5. The summed E-state index contributed by atoms with van der Waals surface area (Å²) in [5.74, 6) is 0.314. The number of rotatable bonds is 6. The van der Waals surface area contributed by atoms with Gasteiger partial charge in [0, 0.05) is 12.6 Å². The Kier molecular flexibility index (Phi) is 4.43. The van der Waals surface area contributed by atoms with Gasteiger partial charge in [-0.15, -0.1) is 0 Å². The van der Waals surface area contributed by atoms with Crippen LogP contribution in [-0.4, -0.2) is 48.6 Å². The van der Waals surface area contributed by atoms with Crippen molar-refractivity contribution in [2.45, 2.75) is 44.7 Å². The van der Waals surface area contributed by atoms with E-state index in [0.717, 1.165) is 38.9 Å². The Balaban J connectivity index is 1.87. The van der Waals surface area contributed by atoms with Gasteiger partial charge in [-0.1, -0.05) is 6.92 Å². The lowest BCUT2D eigenvalue weighted by Gasteiger charge is -2.29. The number of carbonyl (C=O) groups is 1. The largest absolute Gasteiger partial charge is 0.337 e. The van der Waals surface area contributed by atoms with E-state index in [-0.39, 0.29) is 5.91 Å². The maximum Gasteiger partial charge on any atom is 0.235 e. The van der Waals surface area contributed by atoms with E-state index in [4.69, 9.17) is 0 Å². The van der Waals surface area contributed by atoms with Crippen molar-refractivity contribution in [2.24, 2.45) is 5.92 Å². The van der Waals surface area contributed by atoms with Gasteiger partial charge in [0.05, 0.1) is 12.6 Å². The third-order valence-corrected chi connectivity index (χ3v) is 4.33. The summed E-state index contributed by atoms with van der Waals surface area (Å²) in [7, 11) is 0. The van der Waals surface area contributed by atoms with E-state index in [1.54, 1.807) is 0 Å². The molecule has 0 aromatic carbocycles. The average Bonchev–Trinajstić information content (AvgIpc) is 3.13. The number of nitrogens with zero attached hydrogens (tertiary/aromatic N) is 2. The summed E-state index contributed by atoms with van der Waals surface area (Å²) >= 11 is 0. The van der Waals surface area contributed by atoms with Crippen LogP contribution in [0.3, 0.4) is 0 Å². The van der Waals surface area contributed by atoms with E-state index in [9.17, 15) is 10.1 Å². The van der Waals surface area contributed by atoms with Crippen molar-refractivity contribution < 1.29 is 4.79 Å². The number of hydrogen-bond donors (Lipinski definition) is 2. The first-order chi connectivity index (χ1) is 9.09. The van der Waals surface area contributed by atoms with E-state index >= 15 is 0 Å². The van der Waals surface area contributed by atoms with E-state index in [0.29, 0.717) is 18.5 Å². The van der Waals surface area contributed by atoms with Gasteiger partial charge in [-0.25, -0.2) is 0 Å². The molecule has 1 aliphatic carbocycles. The predicted molar refractivity (Wildman–Crippen MR) is 73.4 cm³/mol. The van der Waals surface area contributed by atoms with Crippen molar-refractivity contribution >= 4 is 5.91 Å². The fourth-order valence-electron chi connectivity index (χ4n) is 2.85. The number of amides is 1. The summed E-state index contributed by atoms with van der Waals surface area (Å²) in [5.41, 5.74) is -0.676. The van der Waals surface area contributed by atoms with Crippen LogP contribution in [0.4, 0.5) is 0 Å². The molecule has 1 amide bonds. The minimum Gasteiger partial charge on any atom is -0.337 e. The maximum atomic E-state index is 12.2. The molecular formula is C14H24N4O. The first-order valence-corrected chi connectivity index (χ1v) is 7.26. The molecule has 5 nitrogen and oxygen atoms in total. The summed E-state index contributed by atoms with van der Waals surface area (Å²) < 4.78 is 0. The Morgan fingerprint density at radius 3 is 2.74 bits per heavy atom. The molecule has 106 valence electrons. The fraction of sp³-hybridized carbons (Fsp3) is 0.857. The average molecular weight is 264 g/mol. The highest BCUT2D eigenvalue weighted by molar-refractivity contribution is 5.79. The number of hydrogen-bond acceptors (Lipinski definition) is 4. The molecule has 5 heteroatoms. The molecule has 2 rings (SSSR count). The molecule has 0 radical (unpaired) electrons. The molecule has 1 saturated heterocycles. The van der Waals surface area contributed by atoms with Gasteiger partial charge in [-0.05, 0) is 45.2 Å². The van der Waals surface area contributed by atoms with Crippen molar-refractivity contribution in [3.63, 3.8) is 0 Å². The zero-order valence-corrected chi connectivity index (χ0v) is 11.9. The number of nitriles is 1. The van der Waals surface area contributed by atoms with Gasteiger partial charge in [0.1, 0.15) is 5.54 Å². The molecule has 1 saturated carbocycles. The number of carbonyl (C=O) groups excluding carboxylic acids is 1. The lowest BCUT2D eigenvalue weighted by atomic mass is 9.98. The predicted octanol–water partition coefficient (Wildman–Crippen LogP) is 0.479. The number of nitrogens with one attached hydrogen (secondary N) is 2. The van der Waals surface area contributed by atoms with Crippen LogP contribution in [0.25, 0.3) is 0 Å². The van der Waals surface area contributed by atoms with E-state index < -0.39 is 5.54 Å². The summed E-state index contributed by atoms with van der Waals surface area (Å²) in [6.45, 7) is 7.17. The van der Waals surface area contributed by atoms with Crippen LogP contribution in [0, 0.1) is 17.2 Å². The smallest absolute Gasteiger partial charge is 0.235 e. The van der Waals surface area contributed by atoms with Crippen LogP contribution in [0.2, 0.25) is 0 Å². The minimum absolute atomic E-state index is 0.0234. The minimum atomic E-state index is -0.676. The van der Waals surface area contributed by atoms with Crippen LogP contribution in [0.15, 0.2) is 0 Å². The summed E-state index contributed by atoms with van der Waals surface area (Å²) in [6, 6.07) is 2.72. The number of likely N-dealkylation sites (N-methyl/N-ethyl adjacent to an activating group) is 1. The highest BCUT2D eigenvalue weighted by Crippen LogP contribution is 2.39. The molecule has 2 unspecified atom stereocenters. The molecule has 2 fully saturated rings. The monoisotopic (exact) mass is 264 g/mol. The van der Waals surface area contributed by atoms with Crippen molar-refractivity contribution in [3.05, 3.63) is 0 Å². The molecule has 0 aromatic rings. The Bertz CT molecular complexity index is 368. The van der Waals surface area contributed by atoms with Crippen LogP contribution < -0.4 is 10.6 Å². The van der Waals surface area contributed by atoms with Gasteiger partial charge in [0.15, 0.2) is 0 Å². The third kappa shape index (κ3) is 3.46. The van der Waals surface area contributed by atoms with E-state index in [1.807, 2.05) is 6.92 Å². The third-order valence-electron chi connectivity index (χ3n) is 4.33. The molecule has 0 aromatic heterocycles. The van der Waals surface area contributed by atoms with Gasteiger partial charge >= 0.3 is 0 Å². The molecule has 2 N–H and O–H groups in total. The van der Waals surface area contributed by atoms with Crippen LogP contribution in [-0.2, 0) is 4.79 Å². The van der Waals surface area contributed by atoms with Gasteiger partial charge in [0.25, 0.3) is 0 Å². The Labute approximate surface area is 115 Å². The highest BCUT2D eigenvalue weighted by atomic mass is 16.2. The molecule has 0 spiro atoms. The standard InChI is InChI=1S/C14H24N4O/c1-3-18(12-6-7-16-8-12)9-13(19)17-14(2,10-15)11-4-5-11/h11-12,16H,3-9H2,1-2H3,(H,17,19). The van der Waals surface area contributed by atoms with Crippen molar-refractivity contribution in [2.75, 3.05) is 26.2 Å². The van der Waals surface area contributed by atoms with Gasteiger partial charge < -0.3 is 10.6 Å². The van der Waals surface area contributed by atoms with Crippen LogP contribution >= 0.6 is 0 Å².